The molecule has 3 N–H and O–H groups in total. The second-order valence-corrected chi connectivity index (χ2v) is 5.18. The molecule has 106 valence electrons. The van der Waals surface area contributed by atoms with E-state index in [9.17, 15) is 4.79 Å². The molecular weight excluding hydrogens is 240 g/mol. The fourth-order valence-corrected chi connectivity index (χ4v) is 1.58. The van der Waals surface area contributed by atoms with Crippen LogP contribution in [0.1, 0.15) is 26.3 Å². The number of nitrogens with two attached hydrogens (primary N) is 1. The van der Waals surface area contributed by atoms with Crippen LogP contribution in [0.3, 0.4) is 0 Å². The molecule has 0 aliphatic heterocycles. The highest BCUT2D eigenvalue weighted by Crippen LogP contribution is 2.12. The van der Waals surface area contributed by atoms with Gasteiger partial charge >= 0.3 is 0 Å². The standard InChI is InChI=1S/C15H24N2O2/c1-10-6-5-7-14(8-10)19-9-11(2)17-15(18)12(3)13(4)16/h5-8,11-13H,9,16H2,1-4H3,(H,17,18). The van der Waals surface area contributed by atoms with Gasteiger partial charge in [0.15, 0.2) is 0 Å². The number of aryl methyl sites for hydroxylation is 1. The summed E-state index contributed by atoms with van der Waals surface area (Å²) in [6.45, 7) is 8.04. The van der Waals surface area contributed by atoms with Crippen LogP contribution in [0.15, 0.2) is 24.3 Å². The molecule has 4 heteroatoms. The molecule has 0 aliphatic carbocycles. The normalized spacial score (nSPS) is 15.4. The zero-order valence-corrected chi connectivity index (χ0v) is 12.1. The molecule has 4 nitrogen and oxygen atoms in total. The molecule has 0 aromatic heterocycles. The molecule has 0 fully saturated rings. The number of hydrogen-bond acceptors (Lipinski definition) is 3. The lowest BCUT2D eigenvalue weighted by molar-refractivity contribution is -0.125. The van der Waals surface area contributed by atoms with Gasteiger partial charge in [-0.05, 0) is 38.5 Å². The molecule has 19 heavy (non-hydrogen) atoms. The molecule has 0 heterocycles. The van der Waals surface area contributed by atoms with Crippen molar-refractivity contribution in [3.8, 4) is 5.75 Å². The predicted octanol–water partition coefficient (Wildman–Crippen LogP) is 1.86. The van der Waals surface area contributed by atoms with Crippen molar-refractivity contribution in [3.63, 3.8) is 0 Å². The van der Waals surface area contributed by atoms with Crippen LogP contribution in [-0.2, 0) is 4.79 Å². The van der Waals surface area contributed by atoms with Gasteiger partial charge in [-0.3, -0.25) is 4.79 Å². The first-order valence-corrected chi connectivity index (χ1v) is 6.65. The third kappa shape index (κ3) is 5.30. The van der Waals surface area contributed by atoms with E-state index >= 15 is 0 Å². The number of carbonyl (C=O) groups excluding carboxylic acids is 1. The Morgan fingerprint density at radius 1 is 1.37 bits per heavy atom. The van der Waals surface area contributed by atoms with Crippen molar-refractivity contribution in [1.82, 2.24) is 5.32 Å². The number of carbonyl (C=O) groups is 1. The number of nitrogens with one attached hydrogen (secondary N) is 1. The Balaban J connectivity index is 2.39. The molecule has 3 unspecified atom stereocenters. The van der Waals surface area contributed by atoms with Crippen LogP contribution in [-0.4, -0.2) is 24.6 Å². The van der Waals surface area contributed by atoms with E-state index in [0.29, 0.717) is 6.61 Å². The summed E-state index contributed by atoms with van der Waals surface area (Å²) in [5, 5.41) is 2.90. The van der Waals surface area contributed by atoms with Crippen LogP contribution >= 0.6 is 0 Å². The Kier molecular flexibility index (Phi) is 5.83. The summed E-state index contributed by atoms with van der Waals surface area (Å²) in [4.78, 5) is 11.8. The summed E-state index contributed by atoms with van der Waals surface area (Å²) in [6, 6.07) is 7.65. The van der Waals surface area contributed by atoms with Gasteiger partial charge in [0.1, 0.15) is 12.4 Å². The summed E-state index contributed by atoms with van der Waals surface area (Å²) in [7, 11) is 0. The molecule has 0 saturated heterocycles. The number of ether oxygens (including phenoxy) is 1. The fraction of sp³-hybridized carbons (Fsp3) is 0.533. The minimum atomic E-state index is -0.193. The predicted molar refractivity (Wildman–Crippen MR) is 77.1 cm³/mol. The van der Waals surface area contributed by atoms with Gasteiger partial charge in [0, 0.05) is 12.0 Å². The summed E-state index contributed by atoms with van der Waals surface area (Å²) in [5.74, 6) is 0.595. The second-order valence-electron chi connectivity index (χ2n) is 5.18. The third-order valence-corrected chi connectivity index (χ3v) is 3.08. The second kappa shape index (κ2) is 7.14. The van der Waals surface area contributed by atoms with Gasteiger partial charge in [-0.25, -0.2) is 0 Å². The maximum Gasteiger partial charge on any atom is 0.224 e. The number of benzene rings is 1. The topological polar surface area (TPSA) is 64.3 Å². The highest BCUT2D eigenvalue weighted by Gasteiger charge is 2.18. The minimum absolute atomic E-state index is 0.0321. The van der Waals surface area contributed by atoms with Gasteiger partial charge in [0.05, 0.1) is 6.04 Å². The minimum Gasteiger partial charge on any atom is -0.491 e. The average molecular weight is 264 g/mol. The molecule has 0 spiro atoms. The Morgan fingerprint density at radius 3 is 2.63 bits per heavy atom. The first kappa shape index (κ1) is 15.5. The largest absolute Gasteiger partial charge is 0.491 e. The first-order chi connectivity index (χ1) is 8.90. The molecule has 0 radical (unpaired) electrons. The molecule has 1 rings (SSSR count). The smallest absolute Gasteiger partial charge is 0.224 e. The molecule has 0 bridgehead atoms. The monoisotopic (exact) mass is 264 g/mol. The van der Waals surface area contributed by atoms with Crippen LogP contribution in [0.5, 0.6) is 5.75 Å². The number of hydrogen-bond donors (Lipinski definition) is 2. The molecular formula is C15H24N2O2. The molecule has 0 aliphatic rings. The Bertz CT molecular complexity index is 418. The third-order valence-electron chi connectivity index (χ3n) is 3.08. The fourth-order valence-electron chi connectivity index (χ4n) is 1.58. The van der Waals surface area contributed by atoms with Gasteiger partial charge in [0.2, 0.25) is 5.91 Å². The molecule has 1 amide bonds. The lowest BCUT2D eigenvalue weighted by atomic mass is 10.0. The molecule has 3 atom stereocenters. The highest BCUT2D eigenvalue weighted by atomic mass is 16.5. The van der Waals surface area contributed by atoms with Gasteiger partial charge in [-0.1, -0.05) is 19.1 Å². The zero-order chi connectivity index (χ0) is 14.4. The molecule has 0 saturated carbocycles. The van der Waals surface area contributed by atoms with Crippen molar-refractivity contribution in [1.29, 1.82) is 0 Å². The van der Waals surface area contributed by atoms with E-state index < -0.39 is 0 Å². The maximum atomic E-state index is 11.8. The maximum absolute atomic E-state index is 11.8. The quantitative estimate of drug-likeness (QED) is 0.824. The van der Waals surface area contributed by atoms with Crippen LogP contribution < -0.4 is 15.8 Å². The zero-order valence-electron chi connectivity index (χ0n) is 12.1. The van der Waals surface area contributed by atoms with E-state index in [2.05, 4.69) is 5.32 Å². The number of amides is 1. The van der Waals surface area contributed by atoms with E-state index in [-0.39, 0.29) is 23.9 Å². The van der Waals surface area contributed by atoms with Gasteiger partial charge in [-0.15, -0.1) is 0 Å². The lowest BCUT2D eigenvalue weighted by Crippen LogP contribution is -2.44. The summed E-state index contributed by atoms with van der Waals surface area (Å²) in [5.41, 5.74) is 6.85. The van der Waals surface area contributed by atoms with Crippen molar-refractivity contribution in [2.45, 2.75) is 39.8 Å². The van der Waals surface area contributed by atoms with Crippen LogP contribution in [0.2, 0.25) is 0 Å². The Labute approximate surface area is 115 Å². The van der Waals surface area contributed by atoms with E-state index in [1.54, 1.807) is 0 Å². The summed E-state index contributed by atoms with van der Waals surface area (Å²) < 4.78 is 5.64. The van der Waals surface area contributed by atoms with Gasteiger partial charge in [0.25, 0.3) is 0 Å². The lowest BCUT2D eigenvalue weighted by Gasteiger charge is -2.20. The van der Waals surface area contributed by atoms with Gasteiger partial charge in [-0.2, -0.15) is 0 Å². The van der Waals surface area contributed by atoms with Crippen molar-refractivity contribution in [2.24, 2.45) is 11.7 Å². The van der Waals surface area contributed by atoms with Crippen molar-refractivity contribution in [3.05, 3.63) is 29.8 Å². The molecule has 1 aromatic carbocycles. The van der Waals surface area contributed by atoms with Crippen molar-refractivity contribution in [2.75, 3.05) is 6.61 Å². The SMILES string of the molecule is Cc1cccc(OCC(C)NC(=O)C(C)C(C)N)c1. The summed E-state index contributed by atoms with van der Waals surface area (Å²) >= 11 is 0. The molecule has 1 aromatic rings. The van der Waals surface area contributed by atoms with Crippen LogP contribution in [0.4, 0.5) is 0 Å². The van der Waals surface area contributed by atoms with E-state index in [1.807, 2.05) is 52.0 Å². The van der Waals surface area contributed by atoms with Crippen molar-refractivity contribution < 1.29 is 9.53 Å². The van der Waals surface area contributed by atoms with Crippen molar-refractivity contribution >= 4 is 5.91 Å². The highest BCUT2D eigenvalue weighted by molar-refractivity contribution is 5.79. The Morgan fingerprint density at radius 2 is 2.05 bits per heavy atom. The van der Waals surface area contributed by atoms with E-state index in [1.165, 1.54) is 0 Å². The summed E-state index contributed by atoms with van der Waals surface area (Å²) in [6.07, 6.45) is 0. The van der Waals surface area contributed by atoms with Crippen LogP contribution in [0.25, 0.3) is 0 Å². The van der Waals surface area contributed by atoms with Gasteiger partial charge < -0.3 is 15.8 Å². The Hall–Kier alpha value is -1.55. The number of rotatable bonds is 6. The van der Waals surface area contributed by atoms with Crippen LogP contribution in [0, 0.1) is 12.8 Å². The first-order valence-electron chi connectivity index (χ1n) is 6.65. The van der Waals surface area contributed by atoms with E-state index in [0.717, 1.165) is 11.3 Å². The van der Waals surface area contributed by atoms with E-state index in [4.69, 9.17) is 10.5 Å². The average Bonchev–Trinajstić information content (AvgIpc) is 2.35.